The van der Waals surface area contributed by atoms with Crippen molar-refractivity contribution in [2.45, 2.75) is 58.9 Å². The van der Waals surface area contributed by atoms with E-state index in [2.05, 4.69) is 44.7 Å². The first-order valence-electron chi connectivity index (χ1n) is 7.54. The molecule has 0 nitrogen and oxygen atoms in total. The van der Waals surface area contributed by atoms with Gasteiger partial charge in [0.2, 0.25) is 0 Å². The van der Waals surface area contributed by atoms with Crippen molar-refractivity contribution in [2.24, 2.45) is 0 Å². The van der Waals surface area contributed by atoms with Gasteiger partial charge in [-0.1, -0.05) is 79.1 Å². The Labute approximate surface area is 134 Å². The minimum atomic E-state index is -0.852. The van der Waals surface area contributed by atoms with Gasteiger partial charge in [-0.05, 0) is 25.7 Å². The molecule has 100 valence electrons. The average molecular weight is 266 g/mol. The van der Waals surface area contributed by atoms with E-state index in [-0.39, 0.29) is 20.3 Å². The molecule has 0 saturated heterocycles. The molecule has 0 bridgehead atoms. The summed E-state index contributed by atoms with van der Waals surface area (Å²) in [5.74, 6) is 0. The monoisotopic (exact) mass is 266 g/mol. The summed E-state index contributed by atoms with van der Waals surface area (Å²) in [7, 11) is -0.852. The fourth-order valence-electron chi connectivity index (χ4n) is 3.28. The molecule has 0 aromatic heterocycles. The minimum Gasteiger partial charge on any atom is -1.00 e. The van der Waals surface area contributed by atoms with Crippen molar-refractivity contribution in [3.8, 4) is 0 Å². The van der Waals surface area contributed by atoms with E-state index in [4.69, 9.17) is 0 Å². The van der Waals surface area contributed by atoms with E-state index in [1.165, 1.54) is 38.5 Å². The summed E-state index contributed by atoms with van der Waals surface area (Å²) in [5, 5.41) is 3.65. The van der Waals surface area contributed by atoms with E-state index in [0.717, 1.165) is 0 Å². The minimum absolute atomic E-state index is 0. The van der Waals surface area contributed by atoms with E-state index in [1.807, 2.05) is 10.4 Å². The Morgan fingerprint density at radius 2 is 1.37 bits per heavy atom. The number of rotatable bonds is 6. The molecule has 0 radical (unpaired) electrons. The quantitative estimate of drug-likeness (QED) is 0.646. The van der Waals surface area contributed by atoms with Crippen LogP contribution in [0.2, 0.25) is 6.55 Å². The summed E-state index contributed by atoms with van der Waals surface area (Å²) in [6.07, 6.45) is 17.2. The Balaban J connectivity index is 0.00000180. The van der Waals surface area contributed by atoms with Crippen LogP contribution in [0.4, 0.5) is 0 Å². The number of hydrogen-bond acceptors (Lipinski definition) is 0. The van der Waals surface area contributed by atoms with Crippen LogP contribution in [0.3, 0.4) is 0 Å². The maximum Gasteiger partial charge on any atom is 1.00 e. The first kappa shape index (κ1) is 16.8. The second-order valence-corrected chi connectivity index (χ2v) is 8.37. The van der Waals surface area contributed by atoms with Crippen LogP contribution < -0.4 is 18.9 Å². The third-order valence-electron chi connectivity index (χ3n) is 4.22. The van der Waals surface area contributed by atoms with Gasteiger partial charge in [0.05, 0.1) is 8.80 Å². The van der Waals surface area contributed by atoms with Crippen LogP contribution >= 0.6 is 0 Å². The van der Waals surface area contributed by atoms with E-state index in [9.17, 15) is 0 Å². The molecule has 0 aromatic carbocycles. The molecule has 0 spiro atoms. The maximum atomic E-state index is 2.55. The van der Waals surface area contributed by atoms with Gasteiger partial charge in [-0.15, -0.1) is 0 Å². The van der Waals surface area contributed by atoms with Gasteiger partial charge in [0.15, 0.2) is 0 Å². The van der Waals surface area contributed by atoms with Crippen LogP contribution in [0.5, 0.6) is 0 Å². The predicted molar refractivity (Wildman–Crippen MR) is 85.5 cm³/mol. The third kappa shape index (κ3) is 3.88. The molecular formula is C17H27LiSi. The van der Waals surface area contributed by atoms with Gasteiger partial charge < -0.3 is 1.43 Å². The molecule has 0 unspecified atom stereocenters. The summed E-state index contributed by atoms with van der Waals surface area (Å²) in [6.45, 7) is 7.14. The molecule has 0 N–H and O–H groups in total. The SMILES string of the molecule is CCCC1=C([SiH](C)C2=C(CCC)C=CC2)CC=C1.[H-].[Li+]. The summed E-state index contributed by atoms with van der Waals surface area (Å²) in [4.78, 5) is 0. The molecule has 2 heteroatoms. The molecule has 0 saturated carbocycles. The summed E-state index contributed by atoms with van der Waals surface area (Å²) in [5.41, 5.74) is 3.35. The van der Waals surface area contributed by atoms with Gasteiger partial charge in [-0.2, -0.15) is 0 Å². The van der Waals surface area contributed by atoms with Crippen LogP contribution in [-0.4, -0.2) is 8.80 Å². The van der Waals surface area contributed by atoms with Crippen molar-refractivity contribution in [2.75, 3.05) is 0 Å². The van der Waals surface area contributed by atoms with Crippen LogP contribution in [0.15, 0.2) is 45.8 Å². The zero-order chi connectivity index (χ0) is 13.0. The van der Waals surface area contributed by atoms with Gasteiger partial charge in [0.1, 0.15) is 0 Å². The molecule has 0 aliphatic heterocycles. The van der Waals surface area contributed by atoms with E-state index in [0.29, 0.717) is 0 Å². The van der Waals surface area contributed by atoms with Crippen LogP contribution in [0, 0.1) is 0 Å². The standard InChI is InChI=1S/C17H26Si.Li.H/c1-4-8-14-10-6-12-16(14)18(3)17-13-7-11-15(17)9-5-2;;/h6-7,10-11,18H,4-5,8-9,12-13H2,1-3H3;;/q;+1;-1. The Kier molecular flexibility index (Phi) is 7.22. The summed E-state index contributed by atoms with van der Waals surface area (Å²) in [6, 6.07) is 0. The molecule has 2 rings (SSSR count). The zero-order valence-corrected chi connectivity index (χ0v) is 14.3. The molecule has 0 aromatic rings. The van der Waals surface area contributed by atoms with E-state index < -0.39 is 8.80 Å². The first-order chi connectivity index (χ1) is 8.77. The first-order valence-corrected chi connectivity index (χ1v) is 9.85. The van der Waals surface area contributed by atoms with Gasteiger partial charge >= 0.3 is 18.9 Å². The second kappa shape index (κ2) is 8.15. The molecule has 0 atom stereocenters. The largest absolute Gasteiger partial charge is 1.00 e. The molecular weight excluding hydrogens is 239 g/mol. The Hall–Kier alpha value is -0.226. The number of hydrogen-bond donors (Lipinski definition) is 0. The van der Waals surface area contributed by atoms with Crippen LogP contribution in [-0.2, 0) is 0 Å². The van der Waals surface area contributed by atoms with Gasteiger partial charge in [0.25, 0.3) is 0 Å². The Bertz CT molecular complexity index is 392. The van der Waals surface area contributed by atoms with Crippen molar-refractivity contribution in [1.29, 1.82) is 0 Å². The van der Waals surface area contributed by atoms with E-state index in [1.54, 1.807) is 11.1 Å². The van der Waals surface area contributed by atoms with Crippen molar-refractivity contribution in [1.82, 2.24) is 0 Å². The molecule has 19 heavy (non-hydrogen) atoms. The van der Waals surface area contributed by atoms with E-state index >= 15 is 0 Å². The molecule has 0 fully saturated rings. The molecule has 0 amide bonds. The summed E-state index contributed by atoms with van der Waals surface area (Å²) >= 11 is 0. The zero-order valence-electron chi connectivity index (χ0n) is 14.1. The van der Waals surface area contributed by atoms with Crippen LogP contribution in [0.1, 0.15) is 53.8 Å². The third-order valence-corrected chi connectivity index (χ3v) is 7.53. The van der Waals surface area contributed by atoms with Gasteiger partial charge in [0, 0.05) is 0 Å². The summed E-state index contributed by atoms with van der Waals surface area (Å²) < 4.78 is 0. The Morgan fingerprint density at radius 1 is 0.947 bits per heavy atom. The van der Waals surface area contributed by atoms with Crippen molar-refractivity contribution in [3.63, 3.8) is 0 Å². The van der Waals surface area contributed by atoms with Gasteiger partial charge in [-0.3, -0.25) is 0 Å². The molecule has 2 aliphatic carbocycles. The normalized spacial score (nSPS) is 17.9. The molecule has 2 aliphatic rings. The number of allylic oxidation sites excluding steroid dienone is 8. The predicted octanol–water partition coefficient (Wildman–Crippen LogP) is 2.15. The topological polar surface area (TPSA) is 0 Å². The molecule has 0 heterocycles. The smallest absolute Gasteiger partial charge is 1.00 e. The Morgan fingerprint density at radius 3 is 1.74 bits per heavy atom. The average Bonchev–Trinajstić information content (AvgIpc) is 2.98. The van der Waals surface area contributed by atoms with Crippen molar-refractivity contribution in [3.05, 3.63) is 45.8 Å². The van der Waals surface area contributed by atoms with Gasteiger partial charge in [-0.25, -0.2) is 0 Å². The van der Waals surface area contributed by atoms with Crippen molar-refractivity contribution >= 4 is 8.80 Å². The van der Waals surface area contributed by atoms with Crippen molar-refractivity contribution < 1.29 is 20.3 Å². The second-order valence-electron chi connectivity index (χ2n) is 5.54. The van der Waals surface area contributed by atoms with Crippen LogP contribution in [0.25, 0.3) is 0 Å². The fourth-order valence-corrected chi connectivity index (χ4v) is 6.27. The maximum absolute atomic E-state index is 2.55. The fraction of sp³-hybridized carbons (Fsp3) is 0.529.